The molecule has 0 aromatic carbocycles. The average molecular weight is 224 g/mol. The molecule has 0 saturated heterocycles. The number of hydrogen-bond acceptors (Lipinski definition) is 3. The van der Waals surface area contributed by atoms with Crippen molar-refractivity contribution in [2.24, 2.45) is 11.3 Å². The van der Waals surface area contributed by atoms with Crippen molar-refractivity contribution in [2.45, 2.75) is 33.3 Å². The fourth-order valence-electron chi connectivity index (χ4n) is 1.62. The highest BCUT2D eigenvalue weighted by Gasteiger charge is 2.41. The van der Waals surface area contributed by atoms with Gasteiger partial charge >= 0.3 is 0 Å². The first kappa shape index (κ1) is 13.0. The summed E-state index contributed by atoms with van der Waals surface area (Å²) < 4.78 is 5.65. The Balaban J connectivity index is 2.85. The van der Waals surface area contributed by atoms with Crippen molar-refractivity contribution in [1.29, 1.82) is 0 Å². The highest BCUT2D eigenvalue weighted by Crippen LogP contribution is 2.34. The van der Waals surface area contributed by atoms with Crippen LogP contribution in [-0.2, 0) is 9.53 Å². The molecule has 1 aliphatic rings. The van der Waals surface area contributed by atoms with Crippen molar-refractivity contribution >= 4 is 5.78 Å². The van der Waals surface area contributed by atoms with Crippen molar-refractivity contribution in [3.8, 4) is 0 Å². The molecule has 0 radical (unpaired) electrons. The van der Waals surface area contributed by atoms with E-state index >= 15 is 0 Å². The molecule has 0 spiro atoms. The Labute approximate surface area is 96.8 Å². The molecule has 1 rings (SSSR count). The zero-order chi connectivity index (χ0) is 12.3. The summed E-state index contributed by atoms with van der Waals surface area (Å²) in [6, 6.07) is 0. The Morgan fingerprint density at radius 3 is 2.81 bits per heavy atom. The fraction of sp³-hybridized carbons (Fsp3) is 0.615. The van der Waals surface area contributed by atoms with Crippen LogP contribution in [0.15, 0.2) is 24.5 Å². The van der Waals surface area contributed by atoms with Crippen LogP contribution >= 0.6 is 0 Å². The number of carbonyl (C=O) groups is 1. The van der Waals surface area contributed by atoms with E-state index < -0.39 is 11.5 Å². The lowest BCUT2D eigenvalue weighted by Gasteiger charge is -2.29. The van der Waals surface area contributed by atoms with Crippen LogP contribution in [-0.4, -0.2) is 23.6 Å². The first-order valence-corrected chi connectivity index (χ1v) is 5.65. The van der Waals surface area contributed by atoms with E-state index in [0.29, 0.717) is 0 Å². The molecule has 0 aromatic heterocycles. The molecular formula is C13H20O3. The standard InChI is InChI=1S/C13H20O3/c1-5-9(3)11-7-10(15)12(16-11)13(4,6-2)8-14/h6-7,9,12,14H,2,5,8H2,1,3-4H3/t9-,12?,13-/m0/s1. The average Bonchev–Trinajstić information content (AvgIpc) is 2.70. The zero-order valence-electron chi connectivity index (χ0n) is 10.2. The van der Waals surface area contributed by atoms with Gasteiger partial charge in [0.2, 0.25) is 0 Å². The molecule has 3 heteroatoms. The van der Waals surface area contributed by atoms with E-state index in [0.717, 1.165) is 12.2 Å². The Morgan fingerprint density at radius 1 is 1.75 bits per heavy atom. The van der Waals surface area contributed by atoms with Crippen molar-refractivity contribution < 1.29 is 14.6 Å². The molecule has 16 heavy (non-hydrogen) atoms. The SMILES string of the molecule is C=C[C@@](C)(CO)C1OC([C@@H](C)CC)=CC1=O. The van der Waals surface area contributed by atoms with E-state index in [1.807, 2.05) is 13.8 Å². The minimum Gasteiger partial charge on any atom is -0.485 e. The van der Waals surface area contributed by atoms with Crippen molar-refractivity contribution in [3.05, 3.63) is 24.5 Å². The van der Waals surface area contributed by atoms with E-state index in [-0.39, 0.29) is 18.3 Å². The molecule has 0 aliphatic carbocycles. The van der Waals surface area contributed by atoms with Gasteiger partial charge in [-0.15, -0.1) is 6.58 Å². The lowest BCUT2D eigenvalue weighted by Crippen LogP contribution is -2.38. The molecule has 0 saturated carbocycles. The van der Waals surface area contributed by atoms with Gasteiger partial charge < -0.3 is 9.84 Å². The van der Waals surface area contributed by atoms with E-state index in [1.54, 1.807) is 19.1 Å². The molecule has 1 aliphatic heterocycles. The third-order valence-electron chi connectivity index (χ3n) is 3.30. The van der Waals surface area contributed by atoms with Gasteiger partial charge in [0, 0.05) is 12.0 Å². The van der Waals surface area contributed by atoms with Crippen LogP contribution in [0.1, 0.15) is 27.2 Å². The summed E-state index contributed by atoms with van der Waals surface area (Å²) in [5.74, 6) is 0.882. The summed E-state index contributed by atoms with van der Waals surface area (Å²) in [6.45, 7) is 9.35. The number of carbonyl (C=O) groups excluding carboxylic acids is 1. The normalized spacial score (nSPS) is 25.6. The van der Waals surface area contributed by atoms with Gasteiger partial charge in [-0.25, -0.2) is 0 Å². The second-order valence-corrected chi connectivity index (χ2v) is 4.62. The van der Waals surface area contributed by atoms with Crippen LogP contribution in [0.4, 0.5) is 0 Å². The van der Waals surface area contributed by atoms with Crippen molar-refractivity contribution in [1.82, 2.24) is 0 Å². The summed E-state index contributed by atoms with van der Waals surface area (Å²) in [5.41, 5.74) is -0.706. The third kappa shape index (κ3) is 2.19. The molecular weight excluding hydrogens is 204 g/mol. The molecule has 1 unspecified atom stereocenters. The maximum Gasteiger partial charge on any atom is 0.200 e. The van der Waals surface area contributed by atoms with Gasteiger partial charge in [0.15, 0.2) is 11.9 Å². The topological polar surface area (TPSA) is 46.5 Å². The highest BCUT2D eigenvalue weighted by molar-refractivity contribution is 5.96. The van der Waals surface area contributed by atoms with Crippen LogP contribution < -0.4 is 0 Å². The summed E-state index contributed by atoms with van der Waals surface area (Å²) in [5, 5.41) is 9.32. The molecule has 0 amide bonds. The largest absolute Gasteiger partial charge is 0.485 e. The van der Waals surface area contributed by atoms with Gasteiger partial charge in [-0.2, -0.15) is 0 Å². The zero-order valence-corrected chi connectivity index (χ0v) is 10.2. The van der Waals surface area contributed by atoms with Gasteiger partial charge in [0.1, 0.15) is 5.76 Å². The van der Waals surface area contributed by atoms with Crippen molar-refractivity contribution in [3.63, 3.8) is 0 Å². The lowest BCUT2D eigenvalue weighted by atomic mass is 9.83. The van der Waals surface area contributed by atoms with E-state index in [4.69, 9.17) is 4.74 Å². The number of allylic oxidation sites excluding steroid dienone is 1. The predicted octanol–water partition coefficient (Wildman–Crippen LogP) is 2.07. The minimum absolute atomic E-state index is 0.0771. The monoisotopic (exact) mass is 224 g/mol. The van der Waals surface area contributed by atoms with Crippen LogP contribution in [0.3, 0.4) is 0 Å². The summed E-state index contributed by atoms with van der Waals surface area (Å²) in [7, 11) is 0. The first-order chi connectivity index (χ1) is 7.48. The Morgan fingerprint density at radius 2 is 2.38 bits per heavy atom. The number of ketones is 1. The molecule has 1 N–H and O–H groups in total. The number of rotatable bonds is 5. The lowest BCUT2D eigenvalue weighted by molar-refractivity contribution is -0.126. The minimum atomic E-state index is -0.706. The Kier molecular flexibility index (Phi) is 3.92. The third-order valence-corrected chi connectivity index (χ3v) is 3.30. The molecule has 90 valence electrons. The first-order valence-electron chi connectivity index (χ1n) is 5.65. The van der Waals surface area contributed by atoms with Gasteiger partial charge in [-0.3, -0.25) is 4.79 Å². The molecule has 0 fully saturated rings. The van der Waals surface area contributed by atoms with E-state index in [2.05, 4.69) is 6.58 Å². The molecule has 1 heterocycles. The molecule has 0 bridgehead atoms. The van der Waals surface area contributed by atoms with Crippen molar-refractivity contribution in [2.75, 3.05) is 6.61 Å². The van der Waals surface area contributed by atoms with Gasteiger partial charge in [0.25, 0.3) is 0 Å². The quantitative estimate of drug-likeness (QED) is 0.727. The van der Waals surface area contributed by atoms with Gasteiger partial charge in [0.05, 0.1) is 12.0 Å². The second kappa shape index (κ2) is 4.83. The van der Waals surface area contributed by atoms with Gasteiger partial charge in [-0.05, 0) is 13.3 Å². The van der Waals surface area contributed by atoms with Crippen LogP contribution in [0.2, 0.25) is 0 Å². The van der Waals surface area contributed by atoms with Crippen LogP contribution in [0, 0.1) is 11.3 Å². The fourth-order valence-corrected chi connectivity index (χ4v) is 1.62. The highest BCUT2D eigenvalue weighted by atomic mass is 16.5. The maximum atomic E-state index is 11.8. The number of ether oxygens (including phenoxy) is 1. The maximum absolute atomic E-state index is 11.8. The Hall–Kier alpha value is -1.09. The molecule has 3 nitrogen and oxygen atoms in total. The summed E-state index contributed by atoms with van der Waals surface area (Å²) >= 11 is 0. The van der Waals surface area contributed by atoms with Gasteiger partial charge in [-0.1, -0.05) is 19.9 Å². The second-order valence-electron chi connectivity index (χ2n) is 4.62. The van der Waals surface area contributed by atoms with E-state index in [1.165, 1.54) is 0 Å². The number of aliphatic hydroxyl groups is 1. The predicted molar refractivity (Wildman–Crippen MR) is 62.8 cm³/mol. The Bertz CT molecular complexity index is 319. The number of hydrogen-bond donors (Lipinski definition) is 1. The smallest absolute Gasteiger partial charge is 0.200 e. The van der Waals surface area contributed by atoms with E-state index in [9.17, 15) is 9.90 Å². The molecule has 3 atom stereocenters. The van der Waals surface area contributed by atoms with Crippen LogP contribution in [0.5, 0.6) is 0 Å². The van der Waals surface area contributed by atoms with Crippen LogP contribution in [0.25, 0.3) is 0 Å². The molecule has 0 aromatic rings. The summed E-state index contributed by atoms with van der Waals surface area (Å²) in [4.78, 5) is 11.8. The summed E-state index contributed by atoms with van der Waals surface area (Å²) in [6.07, 6.45) is 3.44. The number of aliphatic hydroxyl groups excluding tert-OH is 1.